The van der Waals surface area contributed by atoms with Gasteiger partial charge in [-0.25, -0.2) is 0 Å². The molecular formula is C9H16I2N2O2. The van der Waals surface area contributed by atoms with E-state index in [1.807, 2.05) is 45.2 Å². The van der Waals surface area contributed by atoms with Crippen molar-refractivity contribution in [1.29, 1.82) is 0 Å². The van der Waals surface area contributed by atoms with Gasteiger partial charge >= 0.3 is 0 Å². The van der Waals surface area contributed by atoms with Gasteiger partial charge in [-0.3, -0.25) is 9.59 Å². The topological polar surface area (TPSA) is 58.2 Å². The fraction of sp³-hybridized carbons (Fsp3) is 0.778. The summed E-state index contributed by atoms with van der Waals surface area (Å²) in [6, 6.07) is 0. The summed E-state index contributed by atoms with van der Waals surface area (Å²) in [6.45, 7) is 1.48. The number of carbonyl (C=O) groups is 2. The number of hydrogen-bond acceptors (Lipinski definition) is 2. The summed E-state index contributed by atoms with van der Waals surface area (Å²) in [7, 11) is 0. The van der Waals surface area contributed by atoms with Gasteiger partial charge < -0.3 is 10.6 Å². The first kappa shape index (κ1) is 15.4. The number of carbonyl (C=O) groups excluding carboxylic acids is 2. The van der Waals surface area contributed by atoms with Gasteiger partial charge in [0.15, 0.2) is 0 Å². The summed E-state index contributed by atoms with van der Waals surface area (Å²) in [5.74, 6) is 0.183. The third kappa shape index (κ3) is 10.7. The average Bonchev–Trinajstić information content (AvgIpc) is 2.26. The number of alkyl halides is 2. The molecule has 0 aromatic heterocycles. The Morgan fingerprint density at radius 3 is 1.53 bits per heavy atom. The van der Waals surface area contributed by atoms with Crippen molar-refractivity contribution in [2.24, 2.45) is 0 Å². The fourth-order valence-corrected chi connectivity index (χ4v) is 1.52. The van der Waals surface area contributed by atoms with E-state index in [0.717, 1.165) is 32.4 Å². The molecule has 6 heteroatoms. The van der Waals surface area contributed by atoms with Gasteiger partial charge in [0.05, 0.1) is 8.86 Å². The zero-order chi connectivity index (χ0) is 11.5. The van der Waals surface area contributed by atoms with Gasteiger partial charge in [0, 0.05) is 13.1 Å². The van der Waals surface area contributed by atoms with Gasteiger partial charge in [-0.1, -0.05) is 45.2 Å². The third-order valence-corrected chi connectivity index (χ3v) is 3.13. The van der Waals surface area contributed by atoms with Crippen LogP contribution in [-0.4, -0.2) is 33.8 Å². The number of rotatable bonds is 8. The van der Waals surface area contributed by atoms with Crippen molar-refractivity contribution in [3.05, 3.63) is 0 Å². The summed E-state index contributed by atoms with van der Waals surface area (Å²) < 4.78 is 1.03. The van der Waals surface area contributed by atoms with Crippen LogP contribution in [0.25, 0.3) is 0 Å². The third-order valence-electron chi connectivity index (χ3n) is 1.74. The highest BCUT2D eigenvalue weighted by molar-refractivity contribution is 14.1. The molecule has 0 heterocycles. The van der Waals surface area contributed by atoms with E-state index in [-0.39, 0.29) is 11.8 Å². The standard InChI is InChI=1S/C9H16I2N2O2/c10-6-8(14)12-4-2-1-3-5-13-9(15)7-11/h1-7H2,(H,12,14)(H,13,15). The van der Waals surface area contributed by atoms with Gasteiger partial charge in [0.25, 0.3) is 0 Å². The molecule has 0 unspecified atom stereocenters. The molecule has 0 spiro atoms. The van der Waals surface area contributed by atoms with E-state index in [9.17, 15) is 9.59 Å². The van der Waals surface area contributed by atoms with Crippen molar-refractivity contribution in [2.45, 2.75) is 19.3 Å². The lowest BCUT2D eigenvalue weighted by atomic mass is 10.2. The number of hydrogen-bond donors (Lipinski definition) is 2. The molecule has 2 N–H and O–H groups in total. The smallest absolute Gasteiger partial charge is 0.229 e. The molecule has 2 amide bonds. The molecule has 0 atom stereocenters. The summed E-state index contributed by atoms with van der Waals surface area (Å²) in [6.07, 6.45) is 2.98. The molecule has 4 nitrogen and oxygen atoms in total. The van der Waals surface area contributed by atoms with Crippen molar-refractivity contribution < 1.29 is 9.59 Å². The Bertz CT molecular complexity index is 181. The van der Waals surface area contributed by atoms with Crippen LogP contribution in [0.1, 0.15) is 19.3 Å². The van der Waals surface area contributed by atoms with E-state index in [0.29, 0.717) is 8.86 Å². The number of unbranched alkanes of at least 4 members (excludes halogenated alkanes) is 2. The van der Waals surface area contributed by atoms with E-state index < -0.39 is 0 Å². The number of amides is 2. The lowest BCUT2D eigenvalue weighted by Gasteiger charge is -2.04. The van der Waals surface area contributed by atoms with Crippen molar-refractivity contribution in [1.82, 2.24) is 10.6 Å². The molecule has 0 rings (SSSR count). The Labute approximate surface area is 118 Å². The van der Waals surface area contributed by atoms with Crippen LogP contribution in [0.4, 0.5) is 0 Å². The van der Waals surface area contributed by atoms with Crippen molar-refractivity contribution in [3.63, 3.8) is 0 Å². The SMILES string of the molecule is O=C(CI)NCCCCCNC(=O)CI. The van der Waals surface area contributed by atoms with Crippen LogP contribution in [0.2, 0.25) is 0 Å². The van der Waals surface area contributed by atoms with E-state index in [4.69, 9.17) is 0 Å². The van der Waals surface area contributed by atoms with Crippen molar-refractivity contribution in [3.8, 4) is 0 Å². The number of halogens is 2. The maximum Gasteiger partial charge on any atom is 0.229 e. The molecule has 88 valence electrons. The van der Waals surface area contributed by atoms with Gasteiger partial charge in [-0.15, -0.1) is 0 Å². The van der Waals surface area contributed by atoms with E-state index in [1.54, 1.807) is 0 Å². The average molecular weight is 438 g/mol. The first-order chi connectivity index (χ1) is 7.20. The van der Waals surface area contributed by atoms with Crippen LogP contribution in [0.5, 0.6) is 0 Å². The first-order valence-electron chi connectivity index (χ1n) is 4.86. The Kier molecular flexibility index (Phi) is 11.2. The second-order valence-electron chi connectivity index (χ2n) is 3.03. The summed E-state index contributed by atoms with van der Waals surface area (Å²) in [4.78, 5) is 21.7. The van der Waals surface area contributed by atoms with E-state index in [1.165, 1.54) is 0 Å². The Hall–Kier alpha value is 0.400. The highest BCUT2D eigenvalue weighted by Gasteiger charge is 1.97. The summed E-state index contributed by atoms with van der Waals surface area (Å²) in [5, 5.41) is 5.62. The zero-order valence-corrected chi connectivity index (χ0v) is 12.8. The molecule has 0 aromatic carbocycles. The van der Waals surface area contributed by atoms with Crippen LogP contribution < -0.4 is 10.6 Å². The predicted octanol–water partition coefficient (Wildman–Crippen LogP) is 1.26. The summed E-state index contributed by atoms with van der Waals surface area (Å²) in [5.41, 5.74) is 0. The Balaban J connectivity index is 3.11. The first-order valence-corrected chi connectivity index (χ1v) is 7.91. The molecule has 0 radical (unpaired) electrons. The summed E-state index contributed by atoms with van der Waals surface area (Å²) >= 11 is 4.08. The number of nitrogens with one attached hydrogen (secondary N) is 2. The monoisotopic (exact) mass is 438 g/mol. The fourth-order valence-electron chi connectivity index (χ4n) is 0.977. The molecule has 0 aliphatic carbocycles. The second-order valence-corrected chi connectivity index (χ2v) is 4.55. The molecule has 0 aromatic rings. The predicted molar refractivity (Wildman–Crippen MR) is 77.6 cm³/mol. The molecule has 0 aliphatic heterocycles. The molecule has 0 fully saturated rings. The lowest BCUT2D eigenvalue weighted by Crippen LogP contribution is -2.26. The van der Waals surface area contributed by atoms with Crippen molar-refractivity contribution >= 4 is 57.0 Å². The van der Waals surface area contributed by atoms with Crippen LogP contribution in [0.15, 0.2) is 0 Å². The normalized spacial score (nSPS) is 9.73. The zero-order valence-electron chi connectivity index (χ0n) is 8.52. The Morgan fingerprint density at radius 2 is 1.20 bits per heavy atom. The molecular weight excluding hydrogens is 422 g/mol. The molecule has 0 saturated carbocycles. The maximum absolute atomic E-state index is 10.9. The minimum absolute atomic E-state index is 0.0915. The van der Waals surface area contributed by atoms with Gasteiger partial charge in [0.2, 0.25) is 11.8 Å². The largest absolute Gasteiger partial charge is 0.355 e. The minimum atomic E-state index is 0.0915. The van der Waals surface area contributed by atoms with E-state index in [2.05, 4.69) is 10.6 Å². The van der Waals surface area contributed by atoms with Gasteiger partial charge in [0.1, 0.15) is 0 Å². The van der Waals surface area contributed by atoms with Crippen LogP contribution in [0.3, 0.4) is 0 Å². The Morgan fingerprint density at radius 1 is 0.800 bits per heavy atom. The van der Waals surface area contributed by atoms with Crippen LogP contribution in [-0.2, 0) is 9.59 Å². The molecule has 15 heavy (non-hydrogen) atoms. The van der Waals surface area contributed by atoms with Gasteiger partial charge in [-0.05, 0) is 19.3 Å². The molecule has 0 aliphatic rings. The van der Waals surface area contributed by atoms with Gasteiger partial charge in [-0.2, -0.15) is 0 Å². The highest BCUT2D eigenvalue weighted by Crippen LogP contribution is 1.93. The van der Waals surface area contributed by atoms with Crippen molar-refractivity contribution in [2.75, 3.05) is 21.9 Å². The van der Waals surface area contributed by atoms with E-state index >= 15 is 0 Å². The van der Waals surface area contributed by atoms with Crippen LogP contribution in [0, 0.1) is 0 Å². The minimum Gasteiger partial charge on any atom is -0.355 e. The van der Waals surface area contributed by atoms with Crippen LogP contribution >= 0.6 is 45.2 Å². The maximum atomic E-state index is 10.9. The lowest BCUT2D eigenvalue weighted by molar-refractivity contribution is -0.119. The quantitative estimate of drug-likeness (QED) is 0.341. The molecule has 0 saturated heterocycles. The molecule has 0 bridgehead atoms. The second kappa shape index (κ2) is 10.9. The highest BCUT2D eigenvalue weighted by atomic mass is 127.